The molecule has 0 aromatic heterocycles. The van der Waals surface area contributed by atoms with E-state index in [1.807, 2.05) is 13.8 Å². The van der Waals surface area contributed by atoms with E-state index in [0.717, 1.165) is 6.42 Å². The number of amides is 2. The highest BCUT2D eigenvalue weighted by molar-refractivity contribution is 6.04. The molecule has 0 aliphatic rings. The molecular formula is C19H21FN2O2. The minimum Gasteiger partial charge on any atom is -0.350 e. The van der Waals surface area contributed by atoms with Gasteiger partial charge in [-0.3, -0.25) is 9.59 Å². The van der Waals surface area contributed by atoms with Gasteiger partial charge in [0, 0.05) is 6.04 Å². The van der Waals surface area contributed by atoms with Crippen molar-refractivity contribution in [2.24, 2.45) is 0 Å². The summed E-state index contributed by atoms with van der Waals surface area (Å²) in [5.41, 5.74) is 1.59. The number of nitrogens with one attached hydrogen (secondary N) is 2. The number of carbonyl (C=O) groups is 2. The summed E-state index contributed by atoms with van der Waals surface area (Å²) < 4.78 is 12.9. The number of hydrogen-bond acceptors (Lipinski definition) is 2. The molecule has 2 aromatic rings. The summed E-state index contributed by atoms with van der Waals surface area (Å²) in [6, 6.07) is 12.7. The minimum absolute atomic E-state index is 0.0560. The van der Waals surface area contributed by atoms with Crippen LogP contribution in [0.1, 0.15) is 36.2 Å². The molecule has 0 bridgehead atoms. The zero-order valence-corrected chi connectivity index (χ0v) is 13.8. The third kappa shape index (κ3) is 4.91. The number of anilines is 1. The lowest BCUT2D eigenvalue weighted by Crippen LogP contribution is -2.32. The van der Waals surface area contributed by atoms with Crippen molar-refractivity contribution in [2.75, 3.05) is 5.32 Å². The molecule has 2 rings (SSSR count). The Labute approximate surface area is 141 Å². The molecule has 0 saturated heterocycles. The Morgan fingerprint density at radius 2 is 1.75 bits per heavy atom. The summed E-state index contributed by atoms with van der Waals surface area (Å²) >= 11 is 0. The van der Waals surface area contributed by atoms with Gasteiger partial charge in [-0.05, 0) is 43.2 Å². The Balaban J connectivity index is 2.07. The molecular weight excluding hydrogens is 307 g/mol. The quantitative estimate of drug-likeness (QED) is 0.852. The molecule has 5 heteroatoms. The highest BCUT2D eigenvalue weighted by Gasteiger charge is 2.14. The van der Waals surface area contributed by atoms with Gasteiger partial charge in [-0.15, -0.1) is 0 Å². The van der Waals surface area contributed by atoms with Gasteiger partial charge in [-0.2, -0.15) is 0 Å². The van der Waals surface area contributed by atoms with Gasteiger partial charge >= 0.3 is 0 Å². The maximum absolute atomic E-state index is 12.9. The monoisotopic (exact) mass is 328 g/mol. The summed E-state index contributed by atoms with van der Waals surface area (Å²) in [5, 5.41) is 5.64. The van der Waals surface area contributed by atoms with Crippen molar-refractivity contribution < 1.29 is 14.0 Å². The summed E-state index contributed by atoms with van der Waals surface area (Å²) in [6.45, 7) is 3.91. The smallest absolute Gasteiger partial charge is 0.253 e. The summed E-state index contributed by atoms with van der Waals surface area (Å²) in [6.07, 6.45) is 0.937. The van der Waals surface area contributed by atoms with Crippen LogP contribution in [0.4, 0.5) is 10.1 Å². The second-order valence-electron chi connectivity index (χ2n) is 5.68. The second-order valence-corrected chi connectivity index (χ2v) is 5.68. The summed E-state index contributed by atoms with van der Waals surface area (Å²) in [7, 11) is 0. The van der Waals surface area contributed by atoms with Crippen LogP contribution >= 0.6 is 0 Å². The van der Waals surface area contributed by atoms with Crippen LogP contribution in [-0.4, -0.2) is 17.9 Å². The molecule has 0 fully saturated rings. The van der Waals surface area contributed by atoms with E-state index >= 15 is 0 Å². The fraction of sp³-hybridized carbons (Fsp3) is 0.263. The zero-order chi connectivity index (χ0) is 17.5. The first-order valence-electron chi connectivity index (χ1n) is 7.93. The highest BCUT2D eigenvalue weighted by atomic mass is 19.1. The van der Waals surface area contributed by atoms with E-state index < -0.39 is 0 Å². The average molecular weight is 328 g/mol. The lowest BCUT2D eigenvalue weighted by atomic mass is 10.1. The topological polar surface area (TPSA) is 58.2 Å². The Hall–Kier alpha value is -2.69. The van der Waals surface area contributed by atoms with Crippen LogP contribution in [0.2, 0.25) is 0 Å². The molecule has 1 atom stereocenters. The zero-order valence-electron chi connectivity index (χ0n) is 13.8. The third-order valence-corrected chi connectivity index (χ3v) is 3.71. The van der Waals surface area contributed by atoms with Crippen molar-refractivity contribution in [3.05, 3.63) is 65.5 Å². The van der Waals surface area contributed by atoms with Gasteiger partial charge in [0.05, 0.1) is 17.7 Å². The number of halogens is 1. The molecule has 2 aromatic carbocycles. The van der Waals surface area contributed by atoms with Crippen LogP contribution < -0.4 is 10.6 Å². The van der Waals surface area contributed by atoms with Gasteiger partial charge in [0.2, 0.25) is 5.91 Å². The average Bonchev–Trinajstić information content (AvgIpc) is 2.57. The standard InChI is InChI=1S/C19H21FN2O2/c1-3-13(2)21-19(24)16-6-4-5-7-17(16)22-18(23)12-14-8-10-15(20)11-9-14/h4-11,13H,3,12H2,1-2H3,(H,21,24)(H,22,23)/t13-/m1/s1. The van der Waals surface area contributed by atoms with E-state index in [2.05, 4.69) is 10.6 Å². The SMILES string of the molecule is CC[C@@H](C)NC(=O)c1ccccc1NC(=O)Cc1ccc(F)cc1. The van der Waals surface area contributed by atoms with E-state index in [9.17, 15) is 14.0 Å². The lowest BCUT2D eigenvalue weighted by molar-refractivity contribution is -0.115. The molecule has 0 radical (unpaired) electrons. The molecule has 2 N–H and O–H groups in total. The number of rotatable bonds is 6. The summed E-state index contributed by atoms with van der Waals surface area (Å²) in [4.78, 5) is 24.5. The lowest BCUT2D eigenvalue weighted by Gasteiger charge is -2.14. The van der Waals surface area contributed by atoms with Gasteiger partial charge in [0.1, 0.15) is 5.82 Å². The highest BCUT2D eigenvalue weighted by Crippen LogP contribution is 2.16. The largest absolute Gasteiger partial charge is 0.350 e. The first-order valence-corrected chi connectivity index (χ1v) is 7.93. The molecule has 0 unspecified atom stereocenters. The molecule has 2 amide bonds. The number of carbonyl (C=O) groups excluding carboxylic acids is 2. The number of hydrogen-bond donors (Lipinski definition) is 2. The summed E-state index contributed by atoms with van der Waals surface area (Å²) in [5.74, 6) is -0.821. The van der Waals surface area contributed by atoms with Gasteiger partial charge in [-0.25, -0.2) is 4.39 Å². The Bertz CT molecular complexity index is 714. The van der Waals surface area contributed by atoms with Crippen molar-refractivity contribution in [2.45, 2.75) is 32.7 Å². The second kappa shape index (κ2) is 8.24. The third-order valence-electron chi connectivity index (χ3n) is 3.71. The molecule has 0 aliphatic carbocycles. The maximum Gasteiger partial charge on any atom is 0.253 e. The fourth-order valence-electron chi connectivity index (χ4n) is 2.18. The predicted octanol–water partition coefficient (Wildman–Crippen LogP) is 3.54. The molecule has 0 saturated carbocycles. The first kappa shape index (κ1) is 17.7. The predicted molar refractivity (Wildman–Crippen MR) is 92.4 cm³/mol. The van der Waals surface area contributed by atoms with Crippen molar-refractivity contribution in [1.29, 1.82) is 0 Å². The molecule has 24 heavy (non-hydrogen) atoms. The molecule has 126 valence electrons. The van der Waals surface area contributed by atoms with E-state index in [0.29, 0.717) is 16.8 Å². The van der Waals surface area contributed by atoms with Gasteiger partial charge < -0.3 is 10.6 Å². The molecule has 0 spiro atoms. The Kier molecular flexibility index (Phi) is 6.07. The van der Waals surface area contributed by atoms with E-state index in [1.54, 1.807) is 36.4 Å². The van der Waals surface area contributed by atoms with Crippen LogP contribution in [0.3, 0.4) is 0 Å². The first-order chi connectivity index (χ1) is 11.5. The van der Waals surface area contributed by atoms with Crippen molar-refractivity contribution in [1.82, 2.24) is 5.32 Å². The number of para-hydroxylation sites is 1. The molecule has 4 nitrogen and oxygen atoms in total. The van der Waals surface area contributed by atoms with Crippen molar-refractivity contribution in [3.8, 4) is 0 Å². The van der Waals surface area contributed by atoms with Crippen LogP contribution in [0, 0.1) is 5.82 Å². The van der Waals surface area contributed by atoms with Crippen molar-refractivity contribution >= 4 is 17.5 Å². The maximum atomic E-state index is 12.9. The molecule has 0 heterocycles. The normalized spacial score (nSPS) is 11.6. The van der Waals surface area contributed by atoms with Crippen LogP contribution in [0.15, 0.2) is 48.5 Å². The fourth-order valence-corrected chi connectivity index (χ4v) is 2.18. The van der Waals surface area contributed by atoms with E-state index in [1.165, 1.54) is 12.1 Å². The van der Waals surface area contributed by atoms with Crippen molar-refractivity contribution in [3.63, 3.8) is 0 Å². The van der Waals surface area contributed by atoms with Gasteiger partial charge in [-0.1, -0.05) is 31.2 Å². The minimum atomic E-state index is -0.341. The van der Waals surface area contributed by atoms with Crippen LogP contribution in [-0.2, 0) is 11.2 Å². The van der Waals surface area contributed by atoms with E-state index in [4.69, 9.17) is 0 Å². The van der Waals surface area contributed by atoms with Crippen LogP contribution in [0.25, 0.3) is 0 Å². The molecule has 0 aliphatic heterocycles. The Morgan fingerprint density at radius 3 is 2.42 bits per heavy atom. The van der Waals surface area contributed by atoms with E-state index in [-0.39, 0.29) is 30.1 Å². The van der Waals surface area contributed by atoms with Gasteiger partial charge in [0.15, 0.2) is 0 Å². The van der Waals surface area contributed by atoms with Gasteiger partial charge in [0.25, 0.3) is 5.91 Å². The Morgan fingerprint density at radius 1 is 1.08 bits per heavy atom. The number of benzene rings is 2. The van der Waals surface area contributed by atoms with Crippen LogP contribution in [0.5, 0.6) is 0 Å².